The van der Waals surface area contributed by atoms with Crippen LogP contribution in [-0.4, -0.2) is 47.6 Å². The summed E-state index contributed by atoms with van der Waals surface area (Å²) in [5, 5.41) is 14.7. The van der Waals surface area contributed by atoms with Crippen LogP contribution >= 0.6 is 11.8 Å². The molecule has 0 fully saturated rings. The van der Waals surface area contributed by atoms with E-state index in [2.05, 4.69) is 56.6 Å². The van der Waals surface area contributed by atoms with E-state index in [4.69, 9.17) is 0 Å². The number of nitrogens with one attached hydrogen (secondary N) is 2. The topological polar surface area (TPSA) is 78.4 Å². The third-order valence-corrected chi connectivity index (χ3v) is 5.10. The number of hydrogen-bond donors (Lipinski definition) is 3. The van der Waals surface area contributed by atoms with Gasteiger partial charge >= 0.3 is 5.97 Å². The summed E-state index contributed by atoms with van der Waals surface area (Å²) in [4.78, 5) is 22.9. The molecule has 0 rings (SSSR count). The first-order valence-electron chi connectivity index (χ1n) is 10.0. The normalized spacial score (nSPS) is 13.2. The molecule has 0 spiro atoms. The first-order valence-corrected chi connectivity index (χ1v) is 11.2. The maximum Gasteiger partial charge on any atom is 0.327 e. The molecule has 0 bridgehead atoms. The maximum atomic E-state index is 11.7. The molecule has 1 unspecified atom stereocenters. The number of aliphatic carboxylic acids is 1. The first-order chi connectivity index (χ1) is 13.3. The fourth-order valence-corrected chi connectivity index (χ4v) is 3.38. The summed E-state index contributed by atoms with van der Waals surface area (Å²) >= 11 is 1.52. The molecule has 0 aromatic rings. The molecule has 0 aliphatic rings. The van der Waals surface area contributed by atoms with Crippen LogP contribution in [0.1, 0.15) is 60.3 Å². The Morgan fingerprint density at radius 1 is 1.00 bits per heavy atom. The van der Waals surface area contributed by atoms with E-state index in [0.29, 0.717) is 12.3 Å². The minimum Gasteiger partial charge on any atom is -0.480 e. The van der Waals surface area contributed by atoms with Gasteiger partial charge in [0.05, 0.1) is 6.54 Å². The van der Waals surface area contributed by atoms with Gasteiger partial charge in [-0.1, -0.05) is 41.9 Å². The number of carbonyl (C=O) groups excluding carboxylic acids is 1. The Kier molecular flexibility index (Phi) is 15.5. The van der Waals surface area contributed by atoms with Crippen molar-refractivity contribution in [3.63, 3.8) is 0 Å². The quantitative estimate of drug-likeness (QED) is 0.277. The molecular formula is C22H38N2O3S. The smallest absolute Gasteiger partial charge is 0.327 e. The van der Waals surface area contributed by atoms with Crippen molar-refractivity contribution < 1.29 is 14.7 Å². The number of likely N-dealkylation sites (N-methyl/N-ethyl adjacent to an activating group) is 1. The predicted octanol–water partition coefficient (Wildman–Crippen LogP) is 4.32. The van der Waals surface area contributed by atoms with Crippen molar-refractivity contribution in [3.8, 4) is 0 Å². The number of allylic oxidation sites excluding steroid dienone is 5. The second-order valence-electron chi connectivity index (χ2n) is 7.24. The average Bonchev–Trinajstić information content (AvgIpc) is 2.61. The van der Waals surface area contributed by atoms with Gasteiger partial charge in [0.25, 0.3) is 0 Å². The van der Waals surface area contributed by atoms with Crippen LogP contribution < -0.4 is 10.6 Å². The lowest BCUT2D eigenvalue weighted by Gasteiger charge is -2.14. The summed E-state index contributed by atoms with van der Waals surface area (Å²) < 4.78 is 0. The molecule has 1 atom stereocenters. The van der Waals surface area contributed by atoms with Crippen molar-refractivity contribution in [2.75, 3.05) is 24.6 Å². The Balaban J connectivity index is 4.15. The van der Waals surface area contributed by atoms with Gasteiger partial charge in [-0.15, -0.1) is 0 Å². The lowest BCUT2D eigenvalue weighted by molar-refractivity contribution is -0.140. The van der Waals surface area contributed by atoms with Crippen LogP contribution in [0.3, 0.4) is 0 Å². The van der Waals surface area contributed by atoms with E-state index in [-0.39, 0.29) is 12.5 Å². The van der Waals surface area contributed by atoms with Crippen LogP contribution in [0.4, 0.5) is 0 Å². The van der Waals surface area contributed by atoms with E-state index < -0.39 is 12.0 Å². The lowest BCUT2D eigenvalue weighted by atomic mass is 10.1. The zero-order valence-corrected chi connectivity index (χ0v) is 19.0. The van der Waals surface area contributed by atoms with Crippen molar-refractivity contribution in [3.05, 3.63) is 34.9 Å². The Bertz CT molecular complexity index is 564. The minimum absolute atomic E-state index is 0.144. The fraction of sp³-hybridized carbons (Fsp3) is 0.636. The third kappa shape index (κ3) is 15.5. The molecule has 28 heavy (non-hydrogen) atoms. The van der Waals surface area contributed by atoms with Gasteiger partial charge in [0.15, 0.2) is 0 Å². The molecule has 1 amide bonds. The molecule has 0 radical (unpaired) electrons. The molecule has 0 aromatic heterocycles. The van der Waals surface area contributed by atoms with E-state index in [1.807, 2.05) is 6.92 Å². The number of amides is 1. The summed E-state index contributed by atoms with van der Waals surface area (Å²) in [6, 6.07) is -0.851. The van der Waals surface area contributed by atoms with Crippen LogP contribution in [-0.2, 0) is 9.59 Å². The van der Waals surface area contributed by atoms with E-state index in [1.54, 1.807) is 0 Å². The van der Waals surface area contributed by atoms with Crippen LogP contribution in [0.2, 0.25) is 0 Å². The lowest BCUT2D eigenvalue weighted by Crippen LogP contribution is -2.46. The van der Waals surface area contributed by atoms with Gasteiger partial charge in [-0.05, 0) is 59.9 Å². The second kappa shape index (κ2) is 16.4. The highest BCUT2D eigenvalue weighted by Gasteiger charge is 2.19. The van der Waals surface area contributed by atoms with Crippen molar-refractivity contribution in [2.24, 2.45) is 0 Å². The van der Waals surface area contributed by atoms with Crippen molar-refractivity contribution >= 4 is 23.6 Å². The number of thioether (sulfide) groups is 1. The third-order valence-electron chi connectivity index (χ3n) is 4.13. The van der Waals surface area contributed by atoms with Crippen molar-refractivity contribution in [1.82, 2.24) is 10.6 Å². The van der Waals surface area contributed by atoms with Crippen LogP contribution in [0.15, 0.2) is 34.9 Å². The van der Waals surface area contributed by atoms with E-state index in [1.165, 1.54) is 28.5 Å². The first kappa shape index (κ1) is 26.5. The number of rotatable bonds is 15. The number of carbonyl (C=O) groups is 2. The fourth-order valence-electron chi connectivity index (χ4n) is 2.38. The van der Waals surface area contributed by atoms with Gasteiger partial charge in [-0.25, -0.2) is 4.79 Å². The van der Waals surface area contributed by atoms with E-state index in [9.17, 15) is 14.7 Å². The molecule has 3 N–H and O–H groups in total. The molecule has 0 heterocycles. The zero-order chi connectivity index (χ0) is 21.4. The van der Waals surface area contributed by atoms with Crippen molar-refractivity contribution in [1.29, 1.82) is 0 Å². The predicted molar refractivity (Wildman–Crippen MR) is 121 cm³/mol. The summed E-state index contributed by atoms with van der Waals surface area (Å²) in [6.07, 6.45) is 11.0. The molecule has 0 aromatic carbocycles. The molecule has 0 aliphatic heterocycles. The van der Waals surface area contributed by atoms with E-state index in [0.717, 1.165) is 31.4 Å². The van der Waals surface area contributed by atoms with Crippen molar-refractivity contribution in [2.45, 2.75) is 66.3 Å². The highest BCUT2D eigenvalue weighted by Crippen LogP contribution is 2.13. The number of carboxylic acids is 1. The molecule has 0 saturated heterocycles. The van der Waals surface area contributed by atoms with Gasteiger partial charge in [0.2, 0.25) is 5.91 Å². The number of hydrogen-bond acceptors (Lipinski definition) is 4. The summed E-state index contributed by atoms with van der Waals surface area (Å²) in [6.45, 7) is 11.3. The van der Waals surface area contributed by atoms with Crippen LogP contribution in [0.25, 0.3) is 0 Å². The molecule has 0 saturated carbocycles. The van der Waals surface area contributed by atoms with Gasteiger partial charge in [0.1, 0.15) is 6.04 Å². The molecule has 6 heteroatoms. The Hall–Kier alpha value is -1.53. The van der Waals surface area contributed by atoms with Gasteiger partial charge in [0, 0.05) is 11.5 Å². The number of carboxylic acid groups (broad SMARTS) is 1. The van der Waals surface area contributed by atoms with Gasteiger partial charge < -0.3 is 15.7 Å². The Morgan fingerprint density at radius 3 is 2.18 bits per heavy atom. The standard InChI is InChI=1S/C22H38N2O3S/c1-6-23-15-21(25)24-20(22(26)27)16-28-14-13-19(5)12-8-11-18(4)10-7-9-17(2)3/h9,11,13,20,23H,6-8,10,12,14-16H2,1-5H3,(H,24,25)(H,26,27). The molecule has 160 valence electrons. The summed E-state index contributed by atoms with van der Waals surface area (Å²) in [5.74, 6) is -0.164. The minimum atomic E-state index is -0.994. The maximum absolute atomic E-state index is 11.7. The molecule has 5 nitrogen and oxygen atoms in total. The SMILES string of the molecule is CCNCC(=O)NC(CSCC=C(C)CCC=C(C)CCC=C(C)C)C(=O)O. The molecule has 0 aliphatic carbocycles. The summed E-state index contributed by atoms with van der Waals surface area (Å²) in [7, 11) is 0. The monoisotopic (exact) mass is 410 g/mol. The van der Waals surface area contributed by atoms with E-state index >= 15 is 0 Å². The highest BCUT2D eigenvalue weighted by atomic mass is 32.2. The van der Waals surface area contributed by atoms with Gasteiger partial charge in [-0.3, -0.25) is 4.79 Å². The van der Waals surface area contributed by atoms with Gasteiger partial charge in [-0.2, -0.15) is 11.8 Å². The Labute approximate surface area is 175 Å². The largest absolute Gasteiger partial charge is 0.480 e. The summed E-state index contributed by atoms with van der Waals surface area (Å²) in [5.41, 5.74) is 4.10. The highest BCUT2D eigenvalue weighted by molar-refractivity contribution is 7.99. The van der Waals surface area contributed by atoms with Crippen LogP contribution in [0, 0.1) is 0 Å². The average molecular weight is 411 g/mol. The van der Waals surface area contributed by atoms with Crippen LogP contribution in [0.5, 0.6) is 0 Å². The molecular weight excluding hydrogens is 372 g/mol. The zero-order valence-electron chi connectivity index (χ0n) is 18.1. The Morgan fingerprint density at radius 2 is 1.61 bits per heavy atom. The second-order valence-corrected chi connectivity index (χ2v) is 8.31.